The van der Waals surface area contributed by atoms with Crippen LogP contribution >= 0.6 is 0 Å². The predicted molar refractivity (Wildman–Crippen MR) is 75.1 cm³/mol. The number of piperidine rings is 1. The van der Waals surface area contributed by atoms with Crippen LogP contribution in [0, 0.1) is 0 Å². The monoisotopic (exact) mass is 247 g/mol. The van der Waals surface area contributed by atoms with Crippen LogP contribution in [0.1, 0.15) is 50.3 Å². The van der Waals surface area contributed by atoms with E-state index in [1.807, 2.05) is 12.3 Å². The number of hydrogen-bond donors (Lipinski definition) is 1. The number of nitrogens with two attached hydrogens (primary N) is 1. The topological polar surface area (TPSA) is 42.2 Å². The second kappa shape index (κ2) is 6.86. The summed E-state index contributed by atoms with van der Waals surface area (Å²) in [5.41, 5.74) is 8.13. The molecule has 0 bridgehead atoms. The fourth-order valence-corrected chi connectivity index (χ4v) is 2.95. The molecule has 2 N–H and O–H groups in total. The van der Waals surface area contributed by atoms with Crippen LogP contribution in [0.2, 0.25) is 0 Å². The maximum atomic E-state index is 5.77. The Kier molecular flexibility index (Phi) is 5.14. The van der Waals surface area contributed by atoms with E-state index in [1.165, 1.54) is 44.2 Å². The van der Waals surface area contributed by atoms with Gasteiger partial charge in [-0.05, 0) is 37.4 Å². The average molecular weight is 247 g/mol. The van der Waals surface area contributed by atoms with Crippen LogP contribution in [0.4, 0.5) is 0 Å². The molecule has 0 radical (unpaired) electrons. The Morgan fingerprint density at radius 3 is 3.11 bits per heavy atom. The quantitative estimate of drug-likeness (QED) is 0.870. The van der Waals surface area contributed by atoms with Gasteiger partial charge in [-0.3, -0.25) is 9.88 Å². The summed E-state index contributed by atoms with van der Waals surface area (Å²) >= 11 is 0. The first kappa shape index (κ1) is 13.5. The summed E-state index contributed by atoms with van der Waals surface area (Å²) in [6.45, 7) is 5.07. The molecule has 1 aliphatic heterocycles. The highest BCUT2D eigenvalue weighted by Crippen LogP contribution is 2.23. The first-order valence-corrected chi connectivity index (χ1v) is 7.22. The molecule has 0 saturated carbocycles. The standard InChI is InChI=1S/C15H25N3/c1-2-6-14-8-3-4-10-18(14)12-13-7-5-9-17-15(13)11-16/h5,7,9,14H,2-4,6,8,10-12,16H2,1H3. The Morgan fingerprint density at radius 1 is 1.44 bits per heavy atom. The van der Waals surface area contributed by atoms with Crippen LogP contribution in [0.15, 0.2) is 18.3 Å². The van der Waals surface area contributed by atoms with Gasteiger partial charge in [0.05, 0.1) is 5.69 Å². The van der Waals surface area contributed by atoms with Gasteiger partial charge < -0.3 is 5.73 Å². The lowest BCUT2D eigenvalue weighted by molar-refractivity contribution is 0.131. The van der Waals surface area contributed by atoms with Crippen molar-refractivity contribution in [3.63, 3.8) is 0 Å². The fourth-order valence-electron chi connectivity index (χ4n) is 2.95. The van der Waals surface area contributed by atoms with Gasteiger partial charge in [-0.2, -0.15) is 0 Å². The number of pyridine rings is 1. The minimum Gasteiger partial charge on any atom is -0.325 e. The zero-order valence-electron chi connectivity index (χ0n) is 11.4. The smallest absolute Gasteiger partial charge is 0.0584 e. The molecule has 0 spiro atoms. The largest absolute Gasteiger partial charge is 0.325 e. The van der Waals surface area contributed by atoms with Crippen molar-refractivity contribution >= 4 is 0 Å². The molecule has 0 aromatic carbocycles. The van der Waals surface area contributed by atoms with Gasteiger partial charge in [-0.15, -0.1) is 0 Å². The van der Waals surface area contributed by atoms with E-state index in [-0.39, 0.29) is 0 Å². The van der Waals surface area contributed by atoms with Crippen molar-refractivity contribution in [1.82, 2.24) is 9.88 Å². The number of hydrogen-bond acceptors (Lipinski definition) is 3. The van der Waals surface area contributed by atoms with E-state index >= 15 is 0 Å². The molecule has 3 heteroatoms. The highest BCUT2D eigenvalue weighted by Gasteiger charge is 2.22. The Morgan fingerprint density at radius 2 is 2.33 bits per heavy atom. The molecule has 1 fully saturated rings. The number of rotatable bonds is 5. The molecule has 1 atom stereocenters. The van der Waals surface area contributed by atoms with Crippen molar-refractivity contribution in [1.29, 1.82) is 0 Å². The van der Waals surface area contributed by atoms with Crippen LogP contribution in [0.3, 0.4) is 0 Å². The van der Waals surface area contributed by atoms with E-state index in [0.717, 1.165) is 18.3 Å². The van der Waals surface area contributed by atoms with Crippen LogP contribution in [-0.2, 0) is 13.1 Å². The minimum atomic E-state index is 0.544. The zero-order chi connectivity index (χ0) is 12.8. The van der Waals surface area contributed by atoms with Crippen LogP contribution < -0.4 is 5.73 Å². The van der Waals surface area contributed by atoms with Gasteiger partial charge in [-0.1, -0.05) is 25.8 Å². The van der Waals surface area contributed by atoms with Crippen molar-refractivity contribution in [2.75, 3.05) is 6.54 Å². The highest BCUT2D eigenvalue weighted by molar-refractivity contribution is 5.19. The Labute approximate surface area is 110 Å². The number of aromatic nitrogens is 1. The molecule has 1 aliphatic rings. The summed E-state index contributed by atoms with van der Waals surface area (Å²) < 4.78 is 0. The minimum absolute atomic E-state index is 0.544. The fraction of sp³-hybridized carbons (Fsp3) is 0.667. The van der Waals surface area contributed by atoms with Gasteiger partial charge in [0.2, 0.25) is 0 Å². The van der Waals surface area contributed by atoms with E-state index in [2.05, 4.69) is 22.9 Å². The van der Waals surface area contributed by atoms with Gasteiger partial charge in [0.1, 0.15) is 0 Å². The third kappa shape index (κ3) is 3.30. The van der Waals surface area contributed by atoms with Gasteiger partial charge in [-0.25, -0.2) is 0 Å². The summed E-state index contributed by atoms with van der Waals surface area (Å²) in [7, 11) is 0. The third-order valence-electron chi connectivity index (χ3n) is 3.92. The van der Waals surface area contributed by atoms with E-state index in [1.54, 1.807) is 0 Å². The van der Waals surface area contributed by atoms with E-state index in [9.17, 15) is 0 Å². The first-order chi connectivity index (χ1) is 8.85. The second-order valence-electron chi connectivity index (χ2n) is 5.22. The number of likely N-dealkylation sites (tertiary alicyclic amines) is 1. The molecule has 1 aromatic rings. The third-order valence-corrected chi connectivity index (χ3v) is 3.92. The van der Waals surface area contributed by atoms with Crippen LogP contribution in [0.5, 0.6) is 0 Å². The normalized spacial score (nSPS) is 21.1. The summed E-state index contributed by atoms with van der Waals surface area (Å²) in [5, 5.41) is 0. The van der Waals surface area contributed by atoms with Crippen molar-refractivity contribution < 1.29 is 0 Å². The molecule has 2 heterocycles. The van der Waals surface area contributed by atoms with Crippen molar-refractivity contribution in [2.45, 2.75) is 58.2 Å². The van der Waals surface area contributed by atoms with E-state index in [4.69, 9.17) is 5.73 Å². The molecule has 100 valence electrons. The first-order valence-electron chi connectivity index (χ1n) is 7.22. The van der Waals surface area contributed by atoms with E-state index in [0.29, 0.717) is 6.54 Å². The lowest BCUT2D eigenvalue weighted by atomic mass is 9.97. The van der Waals surface area contributed by atoms with Gasteiger partial charge in [0, 0.05) is 25.3 Å². The molecular weight excluding hydrogens is 222 g/mol. The Hall–Kier alpha value is -0.930. The van der Waals surface area contributed by atoms with Crippen molar-refractivity contribution in [2.24, 2.45) is 5.73 Å². The lowest BCUT2D eigenvalue weighted by Crippen LogP contribution is -2.39. The highest BCUT2D eigenvalue weighted by atomic mass is 15.2. The summed E-state index contributed by atoms with van der Waals surface area (Å²) in [5.74, 6) is 0. The lowest BCUT2D eigenvalue weighted by Gasteiger charge is -2.36. The molecule has 0 aliphatic carbocycles. The Bertz CT molecular complexity index is 363. The molecule has 1 saturated heterocycles. The van der Waals surface area contributed by atoms with Crippen molar-refractivity contribution in [3.05, 3.63) is 29.6 Å². The Balaban J connectivity index is 2.05. The van der Waals surface area contributed by atoms with Gasteiger partial charge >= 0.3 is 0 Å². The molecule has 3 nitrogen and oxygen atoms in total. The average Bonchev–Trinajstić information content (AvgIpc) is 2.42. The molecule has 1 aromatic heterocycles. The SMILES string of the molecule is CCCC1CCCCN1Cc1cccnc1CN. The maximum absolute atomic E-state index is 5.77. The van der Waals surface area contributed by atoms with Crippen LogP contribution in [0.25, 0.3) is 0 Å². The van der Waals surface area contributed by atoms with E-state index < -0.39 is 0 Å². The second-order valence-corrected chi connectivity index (χ2v) is 5.22. The maximum Gasteiger partial charge on any atom is 0.0584 e. The summed E-state index contributed by atoms with van der Waals surface area (Å²) in [4.78, 5) is 7.01. The molecule has 2 rings (SSSR count). The summed E-state index contributed by atoms with van der Waals surface area (Å²) in [6.07, 6.45) is 8.50. The molecule has 1 unspecified atom stereocenters. The molecular formula is C15H25N3. The molecule has 18 heavy (non-hydrogen) atoms. The molecule has 0 amide bonds. The van der Waals surface area contributed by atoms with Crippen molar-refractivity contribution in [3.8, 4) is 0 Å². The van der Waals surface area contributed by atoms with Crippen LogP contribution in [-0.4, -0.2) is 22.5 Å². The van der Waals surface area contributed by atoms with Gasteiger partial charge in [0.15, 0.2) is 0 Å². The zero-order valence-corrected chi connectivity index (χ0v) is 11.4. The summed E-state index contributed by atoms with van der Waals surface area (Å²) in [6, 6.07) is 4.95. The number of nitrogens with zero attached hydrogens (tertiary/aromatic N) is 2. The van der Waals surface area contributed by atoms with Gasteiger partial charge in [0.25, 0.3) is 0 Å². The predicted octanol–water partition coefficient (Wildman–Crippen LogP) is 2.69.